The van der Waals surface area contributed by atoms with Gasteiger partial charge in [-0.1, -0.05) is 56.8 Å². The lowest BCUT2D eigenvalue weighted by Gasteiger charge is -2.48. The molecule has 31 heavy (non-hydrogen) atoms. The summed E-state index contributed by atoms with van der Waals surface area (Å²) in [5.74, 6) is 2.85. The summed E-state index contributed by atoms with van der Waals surface area (Å²) in [4.78, 5) is 28.0. The molecule has 1 aliphatic heterocycles. The highest BCUT2D eigenvalue weighted by Crippen LogP contribution is 2.50. The van der Waals surface area contributed by atoms with Gasteiger partial charge in [0.25, 0.3) is 0 Å². The molecule has 1 saturated heterocycles. The van der Waals surface area contributed by atoms with Gasteiger partial charge in [0.1, 0.15) is 6.04 Å². The number of nitrogens with one attached hydrogen (secondary N) is 1. The molecule has 2 saturated carbocycles. The molecule has 0 aromatic heterocycles. The quantitative estimate of drug-likeness (QED) is 0.638. The van der Waals surface area contributed by atoms with Crippen molar-refractivity contribution in [2.75, 3.05) is 13.1 Å². The van der Waals surface area contributed by atoms with Crippen LogP contribution in [0.4, 0.5) is 0 Å². The van der Waals surface area contributed by atoms with Crippen molar-refractivity contribution in [1.29, 1.82) is 0 Å². The average molecular weight is 445 g/mol. The monoisotopic (exact) mass is 444 g/mol. The first kappa shape index (κ1) is 22.6. The van der Waals surface area contributed by atoms with Crippen LogP contribution in [-0.4, -0.2) is 35.8 Å². The summed E-state index contributed by atoms with van der Waals surface area (Å²) < 4.78 is 0. The van der Waals surface area contributed by atoms with Crippen molar-refractivity contribution < 1.29 is 9.59 Å². The second-order valence-corrected chi connectivity index (χ2v) is 10.8. The summed E-state index contributed by atoms with van der Waals surface area (Å²) in [5, 5.41) is 3.87. The lowest BCUT2D eigenvalue weighted by Crippen LogP contribution is -2.53. The number of rotatable bonds is 6. The van der Waals surface area contributed by atoms with E-state index < -0.39 is 6.04 Å². The fraction of sp³-hybridized carbons (Fsp3) is 0.692. The average Bonchev–Trinajstić information content (AvgIpc) is 2.76. The molecule has 0 bridgehead atoms. The number of nitrogens with zero attached hydrogens (tertiary/aromatic N) is 1. The minimum Gasteiger partial charge on any atom is -0.344 e. The summed E-state index contributed by atoms with van der Waals surface area (Å²) >= 11 is 6.01. The minimum atomic E-state index is -0.415. The van der Waals surface area contributed by atoms with Crippen molar-refractivity contribution in [1.82, 2.24) is 10.2 Å². The Morgan fingerprint density at radius 3 is 2.39 bits per heavy atom. The molecule has 170 valence electrons. The van der Waals surface area contributed by atoms with Crippen molar-refractivity contribution in [3.05, 3.63) is 34.9 Å². The lowest BCUT2D eigenvalue weighted by atomic mass is 9.58. The molecular weight excluding hydrogens is 408 g/mol. The molecule has 0 radical (unpaired) electrons. The molecule has 4 rings (SSSR count). The zero-order chi connectivity index (χ0) is 22.0. The first-order chi connectivity index (χ1) is 14.9. The highest BCUT2D eigenvalue weighted by Gasteiger charge is 2.43. The molecule has 2 amide bonds. The topological polar surface area (TPSA) is 49.4 Å². The molecule has 1 N–H and O–H groups in total. The van der Waals surface area contributed by atoms with E-state index in [1.165, 1.54) is 37.7 Å². The molecule has 4 atom stereocenters. The van der Waals surface area contributed by atoms with Gasteiger partial charge in [-0.25, -0.2) is 0 Å². The Labute approximate surface area is 192 Å². The molecule has 1 heterocycles. The Balaban J connectivity index is 1.28. The number of piperidine rings is 1. The molecule has 1 aromatic carbocycles. The van der Waals surface area contributed by atoms with Crippen LogP contribution in [-0.2, 0) is 9.59 Å². The Morgan fingerprint density at radius 1 is 1.06 bits per heavy atom. The van der Waals surface area contributed by atoms with Crippen LogP contribution in [0.25, 0.3) is 0 Å². The molecule has 4 nitrogen and oxygen atoms in total. The van der Waals surface area contributed by atoms with E-state index in [1.54, 1.807) is 0 Å². The second-order valence-electron chi connectivity index (χ2n) is 10.3. The van der Waals surface area contributed by atoms with Gasteiger partial charge in [0.2, 0.25) is 11.8 Å². The largest absolute Gasteiger partial charge is 0.344 e. The van der Waals surface area contributed by atoms with Crippen LogP contribution >= 0.6 is 11.6 Å². The van der Waals surface area contributed by atoms with Gasteiger partial charge in [-0.05, 0) is 73.0 Å². The van der Waals surface area contributed by atoms with E-state index in [1.807, 2.05) is 30.9 Å². The van der Waals surface area contributed by atoms with E-state index in [9.17, 15) is 9.59 Å². The summed E-state index contributed by atoms with van der Waals surface area (Å²) in [6.45, 7) is 5.56. The Morgan fingerprint density at radius 2 is 1.74 bits per heavy atom. The Bertz CT molecular complexity index is 770. The maximum atomic E-state index is 13.3. The van der Waals surface area contributed by atoms with Crippen LogP contribution in [0.1, 0.15) is 76.7 Å². The zero-order valence-electron chi connectivity index (χ0n) is 19.0. The molecule has 3 unspecified atom stereocenters. The molecule has 1 aromatic rings. The highest BCUT2D eigenvalue weighted by atomic mass is 35.5. The number of benzene rings is 1. The van der Waals surface area contributed by atoms with E-state index in [0.717, 1.165) is 42.8 Å². The Kier molecular flexibility index (Phi) is 7.26. The van der Waals surface area contributed by atoms with Crippen LogP contribution in [0, 0.1) is 23.7 Å². The number of hydrogen-bond acceptors (Lipinski definition) is 2. The van der Waals surface area contributed by atoms with Gasteiger partial charge in [0, 0.05) is 24.5 Å². The van der Waals surface area contributed by atoms with Crippen LogP contribution in [0.3, 0.4) is 0 Å². The molecule has 5 heteroatoms. The number of fused-ring (bicyclic) bond motifs is 1. The molecule has 2 aliphatic carbocycles. The first-order valence-corrected chi connectivity index (χ1v) is 12.6. The van der Waals surface area contributed by atoms with Gasteiger partial charge >= 0.3 is 0 Å². The maximum Gasteiger partial charge on any atom is 0.245 e. The van der Waals surface area contributed by atoms with E-state index in [4.69, 9.17) is 11.6 Å². The SMILES string of the molecule is CC(C)[C@@H](NC(=O)CC1CC2CCCCC21)C(=O)N1CCC(c2ccc(Cl)cc2)CC1. The lowest BCUT2D eigenvalue weighted by molar-refractivity contribution is -0.139. The van der Waals surface area contributed by atoms with E-state index in [0.29, 0.717) is 18.3 Å². The number of carbonyl (C=O) groups excluding carboxylic acids is 2. The molecule has 3 aliphatic rings. The van der Waals surface area contributed by atoms with Crippen molar-refractivity contribution in [3.8, 4) is 0 Å². The van der Waals surface area contributed by atoms with Crippen molar-refractivity contribution in [2.45, 2.75) is 77.2 Å². The van der Waals surface area contributed by atoms with E-state index >= 15 is 0 Å². The van der Waals surface area contributed by atoms with Crippen LogP contribution in [0.15, 0.2) is 24.3 Å². The van der Waals surface area contributed by atoms with Gasteiger partial charge in [0.15, 0.2) is 0 Å². The number of amides is 2. The molecule has 3 fully saturated rings. The number of halogens is 1. The van der Waals surface area contributed by atoms with Crippen LogP contribution in [0.2, 0.25) is 5.02 Å². The normalized spacial score (nSPS) is 27.4. The minimum absolute atomic E-state index is 0.0668. The maximum absolute atomic E-state index is 13.3. The third-order valence-corrected chi connectivity index (χ3v) is 8.28. The van der Waals surface area contributed by atoms with Gasteiger partial charge < -0.3 is 10.2 Å². The Hall–Kier alpha value is -1.55. The van der Waals surface area contributed by atoms with Crippen LogP contribution in [0.5, 0.6) is 0 Å². The number of likely N-dealkylation sites (tertiary alicyclic amines) is 1. The van der Waals surface area contributed by atoms with Crippen molar-refractivity contribution >= 4 is 23.4 Å². The number of carbonyl (C=O) groups is 2. The van der Waals surface area contributed by atoms with Gasteiger partial charge in [-0.3, -0.25) is 9.59 Å². The van der Waals surface area contributed by atoms with Gasteiger partial charge in [0.05, 0.1) is 0 Å². The predicted molar refractivity (Wildman–Crippen MR) is 125 cm³/mol. The standard InChI is InChI=1S/C26H37ClN2O2/c1-17(2)25(28-24(30)16-21-15-20-5-3-4-6-23(20)21)26(31)29-13-11-19(12-14-29)18-7-9-22(27)10-8-18/h7-10,17,19-21,23,25H,3-6,11-16H2,1-2H3,(H,28,30)/t20?,21?,23?,25-/m1/s1. The fourth-order valence-corrected chi connectivity index (χ4v) is 6.23. The van der Waals surface area contributed by atoms with Gasteiger partial charge in [-0.15, -0.1) is 0 Å². The predicted octanol–water partition coefficient (Wildman–Crippen LogP) is 5.40. The van der Waals surface area contributed by atoms with Crippen molar-refractivity contribution in [2.24, 2.45) is 23.7 Å². The first-order valence-electron chi connectivity index (χ1n) is 12.3. The molecule has 0 spiro atoms. The summed E-state index contributed by atoms with van der Waals surface area (Å²) in [6.07, 6.45) is 9.03. The van der Waals surface area contributed by atoms with Crippen LogP contribution < -0.4 is 5.32 Å². The molecular formula is C26H37ClN2O2. The highest BCUT2D eigenvalue weighted by molar-refractivity contribution is 6.30. The van der Waals surface area contributed by atoms with Crippen molar-refractivity contribution in [3.63, 3.8) is 0 Å². The smallest absolute Gasteiger partial charge is 0.245 e. The summed E-state index contributed by atoms with van der Waals surface area (Å²) in [7, 11) is 0. The third-order valence-electron chi connectivity index (χ3n) is 8.02. The summed E-state index contributed by atoms with van der Waals surface area (Å²) in [5.41, 5.74) is 1.30. The van der Waals surface area contributed by atoms with Gasteiger partial charge in [-0.2, -0.15) is 0 Å². The zero-order valence-corrected chi connectivity index (χ0v) is 19.7. The number of hydrogen-bond donors (Lipinski definition) is 1. The second kappa shape index (κ2) is 9.94. The summed E-state index contributed by atoms with van der Waals surface area (Å²) in [6, 6.07) is 7.66. The van der Waals surface area contributed by atoms with E-state index in [2.05, 4.69) is 17.4 Å². The van der Waals surface area contributed by atoms with E-state index in [-0.39, 0.29) is 17.7 Å². The third kappa shape index (κ3) is 5.27. The fourth-order valence-electron chi connectivity index (χ4n) is 6.10.